The van der Waals surface area contributed by atoms with Gasteiger partial charge < -0.3 is 9.64 Å². The van der Waals surface area contributed by atoms with Crippen LogP contribution in [0.2, 0.25) is 0 Å². The van der Waals surface area contributed by atoms with Gasteiger partial charge in [-0.2, -0.15) is 0 Å². The van der Waals surface area contributed by atoms with Gasteiger partial charge in [-0.25, -0.2) is 15.0 Å². The molecule has 1 aromatic carbocycles. The molecule has 0 spiro atoms. The molecule has 4 heterocycles. The van der Waals surface area contributed by atoms with E-state index in [4.69, 9.17) is 9.72 Å². The van der Waals surface area contributed by atoms with Crippen LogP contribution in [0, 0.1) is 5.92 Å². The summed E-state index contributed by atoms with van der Waals surface area (Å²) in [6.45, 7) is 2.85. The van der Waals surface area contributed by atoms with E-state index in [0.29, 0.717) is 19.0 Å². The molecule has 2 aliphatic rings. The zero-order chi connectivity index (χ0) is 20.3. The number of aromatic nitrogens is 3. The number of carbonyl (C=O) groups is 1. The molecule has 2 aromatic heterocycles. The van der Waals surface area contributed by atoms with Crippen LogP contribution in [-0.4, -0.2) is 53.2 Å². The van der Waals surface area contributed by atoms with E-state index in [0.717, 1.165) is 54.2 Å². The SMILES string of the molecule is O=C([C@H]1CCCN(c2ncccn2)C1)N(C[C@H]1CCCO1)c1nc2ccccc2s1. The summed E-state index contributed by atoms with van der Waals surface area (Å²) >= 11 is 1.58. The van der Waals surface area contributed by atoms with Crippen molar-refractivity contribution in [2.45, 2.75) is 31.8 Å². The first-order valence-corrected chi connectivity index (χ1v) is 11.4. The third kappa shape index (κ3) is 4.02. The highest BCUT2D eigenvalue weighted by Gasteiger charge is 2.34. The summed E-state index contributed by atoms with van der Waals surface area (Å²) in [5.74, 6) is 0.724. The molecule has 30 heavy (non-hydrogen) atoms. The minimum atomic E-state index is -0.101. The van der Waals surface area contributed by atoms with Gasteiger partial charge >= 0.3 is 0 Å². The molecule has 8 heteroatoms. The Morgan fingerprint density at radius 2 is 2.03 bits per heavy atom. The van der Waals surface area contributed by atoms with Gasteiger partial charge in [0.25, 0.3) is 0 Å². The van der Waals surface area contributed by atoms with Crippen molar-refractivity contribution in [1.29, 1.82) is 0 Å². The van der Waals surface area contributed by atoms with Crippen LogP contribution >= 0.6 is 11.3 Å². The lowest BCUT2D eigenvalue weighted by Gasteiger charge is -2.34. The predicted octanol–water partition coefficient (Wildman–Crippen LogP) is 3.51. The highest BCUT2D eigenvalue weighted by atomic mass is 32.1. The quantitative estimate of drug-likeness (QED) is 0.625. The molecule has 0 saturated carbocycles. The molecule has 2 atom stereocenters. The van der Waals surface area contributed by atoms with Crippen LogP contribution in [-0.2, 0) is 9.53 Å². The van der Waals surface area contributed by atoms with Crippen LogP contribution in [0.5, 0.6) is 0 Å². The number of thiazole rings is 1. The maximum atomic E-state index is 13.7. The standard InChI is InChI=1S/C22H25N5O2S/c28-20(16-6-3-12-26(14-16)21-23-10-5-11-24-21)27(15-17-7-4-13-29-17)22-25-18-8-1-2-9-19(18)30-22/h1-2,5,8-11,16-17H,3-4,6-7,12-15H2/t16-,17+/m0/s1. The summed E-state index contributed by atoms with van der Waals surface area (Å²) in [4.78, 5) is 31.2. The molecule has 0 bridgehead atoms. The molecule has 2 saturated heterocycles. The fraction of sp³-hybridized carbons (Fsp3) is 0.455. The number of para-hydroxylation sites is 1. The Balaban J connectivity index is 1.40. The van der Waals surface area contributed by atoms with Gasteiger partial charge in [0.15, 0.2) is 5.13 Å². The van der Waals surface area contributed by atoms with Crippen molar-refractivity contribution in [3.63, 3.8) is 0 Å². The molecular weight excluding hydrogens is 398 g/mol. The normalized spacial score (nSPS) is 21.8. The molecular formula is C22H25N5O2S. The second kappa shape index (κ2) is 8.65. The third-order valence-electron chi connectivity index (χ3n) is 5.80. The van der Waals surface area contributed by atoms with Gasteiger partial charge in [-0.3, -0.25) is 9.69 Å². The Labute approximate surface area is 179 Å². The molecule has 0 radical (unpaired) electrons. The number of rotatable bonds is 5. The van der Waals surface area contributed by atoms with E-state index in [1.54, 1.807) is 23.7 Å². The number of carbonyl (C=O) groups excluding carboxylic acids is 1. The second-order valence-electron chi connectivity index (χ2n) is 7.88. The van der Waals surface area contributed by atoms with Crippen LogP contribution in [0.4, 0.5) is 11.1 Å². The Bertz CT molecular complexity index is 972. The molecule has 0 N–H and O–H groups in total. The topological polar surface area (TPSA) is 71.5 Å². The first kappa shape index (κ1) is 19.4. The first-order chi connectivity index (χ1) is 14.8. The smallest absolute Gasteiger partial charge is 0.233 e. The van der Waals surface area contributed by atoms with Crippen LogP contribution in [0.15, 0.2) is 42.7 Å². The number of ether oxygens (including phenoxy) is 1. The van der Waals surface area contributed by atoms with E-state index in [9.17, 15) is 4.79 Å². The summed E-state index contributed by atoms with van der Waals surface area (Å²) in [5, 5.41) is 0.768. The van der Waals surface area contributed by atoms with Crippen molar-refractivity contribution in [2.24, 2.45) is 5.92 Å². The molecule has 2 fully saturated rings. The number of anilines is 2. The summed E-state index contributed by atoms with van der Waals surface area (Å²) in [7, 11) is 0. The molecule has 156 valence electrons. The fourth-order valence-corrected chi connectivity index (χ4v) is 5.25. The summed E-state index contributed by atoms with van der Waals surface area (Å²) in [6, 6.07) is 9.86. The van der Waals surface area contributed by atoms with Gasteiger partial charge in [0.1, 0.15) is 0 Å². The maximum Gasteiger partial charge on any atom is 0.233 e. The van der Waals surface area contributed by atoms with Crippen molar-refractivity contribution >= 4 is 38.5 Å². The lowest BCUT2D eigenvalue weighted by atomic mass is 9.96. The lowest BCUT2D eigenvalue weighted by molar-refractivity contribution is -0.123. The number of benzene rings is 1. The molecule has 7 nitrogen and oxygen atoms in total. The lowest BCUT2D eigenvalue weighted by Crippen LogP contribution is -2.47. The number of hydrogen-bond acceptors (Lipinski definition) is 7. The van der Waals surface area contributed by atoms with Gasteiger partial charge in [-0.1, -0.05) is 23.5 Å². The van der Waals surface area contributed by atoms with E-state index in [1.165, 1.54) is 0 Å². The maximum absolute atomic E-state index is 13.7. The number of hydrogen-bond donors (Lipinski definition) is 0. The van der Waals surface area contributed by atoms with Crippen molar-refractivity contribution in [3.05, 3.63) is 42.7 Å². The Kier molecular flexibility index (Phi) is 5.59. The van der Waals surface area contributed by atoms with E-state index < -0.39 is 0 Å². The first-order valence-electron chi connectivity index (χ1n) is 10.6. The summed E-state index contributed by atoms with van der Waals surface area (Å²) in [5.41, 5.74) is 0.936. The van der Waals surface area contributed by atoms with Crippen LogP contribution < -0.4 is 9.80 Å². The molecule has 3 aromatic rings. The minimum Gasteiger partial charge on any atom is -0.376 e. The molecule has 0 unspecified atom stereocenters. The minimum absolute atomic E-state index is 0.0816. The fourth-order valence-electron chi connectivity index (χ4n) is 4.27. The Morgan fingerprint density at radius 1 is 1.17 bits per heavy atom. The number of nitrogens with zero attached hydrogens (tertiary/aromatic N) is 5. The zero-order valence-electron chi connectivity index (χ0n) is 16.8. The van der Waals surface area contributed by atoms with E-state index in [-0.39, 0.29) is 17.9 Å². The summed E-state index contributed by atoms with van der Waals surface area (Å²) < 4.78 is 6.96. The molecule has 5 rings (SSSR count). The van der Waals surface area contributed by atoms with Crippen LogP contribution in [0.25, 0.3) is 10.2 Å². The number of piperidine rings is 1. The molecule has 1 amide bonds. The van der Waals surface area contributed by atoms with Gasteiger partial charge in [-0.15, -0.1) is 0 Å². The van der Waals surface area contributed by atoms with Crippen molar-refractivity contribution in [3.8, 4) is 0 Å². The predicted molar refractivity (Wildman–Crippen MR) is 118 cm³/mol. The van der Waals surface area contributed by atoms with Crippen molar-refractivity contribution in [1.82, 2.24) is 15.0 Å². The van der Waals surface area contributed by atoms with Gasteiger partial charge in [0.2, 0.25) is 11.9 Å². The Hall–Kier alpha value is -2.58. The van der Waals surface area contributed by atoms with E-state index in [1.807, 2.05) is 29.2 Å². The number of fused-ring (bicyclic) bond motifs is 1. The van der Waals surface area contributed by atoms with Gasteiger partial charge in [0, 0.05) is 32.1 Å². The highest BCUT2D eigenvalue weighted by Crippen LogP contribution is 2.32. The van der Waals surface area contributed by atoms with E-state index >= 15 is 0 Å². The third-order valence-corrected chi connectivity index (χ3v) is 6.85. The van der Waals surface area contributed by atoms with E-state index in [2.05, 4.69) is 20.9 Å². The van der Waals surface area contributed by atoms with Crippen LogP contribution in [0.1, 0.15) is 25.7 Å². The average Bonchev–Trinajstić information content (AvgIpc) is 3.47. The number of amides is 1. The Morgan fingerprint density at radius 3 is 2.83 bits per heavy atom. The zero-order valence-corrected chi connectivity index (χ0v) is 17.6. The largest absolute Gasteiger partial charge is 0.376 e. The van der Waals surface area contributed by atoms with Gasteiger partial charge in [0.05, 0.1) is 28.8 Å². The molecule has 0 aliphatic carbocycles. The molecule has 2 aliphatic heterocycles. The van der Waals surface area contributed by atoms with Gasteiger partial charge in [-0.05, 0) is 43.9 Å². The van der Waals surface area contributed by atoms with Crippen molar-refractivity contribution in [2.75, 3.05) is 36.0 Å². The average molecular weight is 424 g/mol. The summed E-state index contributed by atoms with van der Waals surface area (Å²) in [6.07, 6.45) is 7.44. The highest BCUT2D eigenvalue weighted by molar-refractivity contribution is 7.22. The monoisotopic (exact) mass is 423 g/mol. The second-order valence-corrected chi connectivity index (χ2v) is 8.89. The van der Waals surface area contributed by atoms with Crippen LogP contribution in [0.3, 0.4) is 0 Å². The van der Waals surface area contributed by atoms with Crippen molar-refractivity contribution < 1.29 is 9.53 Å².